The minimum absolute atomic E-state index is 0.227. The molecule has 4 heteroatoms. The Morgan fingerprint density at radius 3 is 3.16 bits per heavy atom. The summed E-state index contributed by atoms with van der Waals surface area (Å²) >= 11 is 1.88. The van der Waals surface area contributed by atoms with Crippen LogP contribution in [0.15, 0.2) is 30.5 Å². The highest BCUT2D eigenvalue weighted by Crippen LogP contribution is 2.23. The van der Waals surface area contributed by atoms with Gasteiger partial charge >= 0.3 is 0 Å². The Kier molecular flexibility index (Phi) is 3.78. The van der Waals surface area contributed by atoms with E-state index in [9.17, 15) is 4.79 Å². The Balaban J connectivity index is 1.56. The largest absolute Gasteiger partial charge is 0.361 e. The summed E-state index contributed by atoms with van der Waals surface area (Å²) in [7, 11) is 0. The fourth-order valence-corrected chi connectivity index (χ4v) is 3.76. The number of H-pyrrole nitrogens is 1. The number of benzene rings is 1. The number of aromatic nitrogens is 1. The van der Waals surface area contributed by atoms with Gasteiger partial charge in [-0.15, -0.1) is 0 Å². The Morgan fingerprint density at radius 1 is 1.42 bits per heavy atom. The van der Waals surface area contributed by atoms with Crippen molar-refractivity contribution in [2.45, 2.75) is 12.8 Å². The van der Waals surface area contributed by atoms with Gasteiger partial charge in [-0.05, 0) is 30.2 Å². The highest BCUT2D eigenvalue weighted by atomic mass is 32.2. The molecule has 0 bridgehead atoms. The third-order valence-electron chi connectivity index (χ3n) is 3.67. The van der Waals surface area contributed by atoms with Crippen LogP contribution in [0.3, 0.4) is 0 Å². The number of thioether (sulfide) groups is 1. The monoisotopic (exact) mass is 274 g/mol. The quantitative estimate of drug-likeness (QED) is 0.900. The first-order valence-electron chi connectivity index (χ1n) is 6.75. The molecule has 0 radical (unpaired) electrons. The average molecular weight is 274 g/mol. The molecule has 1 amide bonds. The summed E-state index contributed by atoms with van der Waals surface area (Å²) in [4.78, 5) is 15.2. The number of hydrogen-bond acceptors (Lipinski definition) is 2. The van der Waals surface area contributed by atoms with Crippen LogP contribution in [0, 0.1) is 5.92 Å². The lowest BCUT2D eigenvalue weighted by molar-refractivity contribution is -0.124. The maximum atomic E-state index is 11.9. The normalized spacial score (nSPS) is 18.8. The molecule has 2 N–H and O–H groups in total. The second kappa shape index (κ2) is 5.70. The van der Waals surface area contributed by atoms with Crippen molar-refractivity contribution in [3.63, 3.8) is 0 Å². The lowest BCUT2D eigenvalue weighted by atomic mass is 10.1. The van der Waals surface area contributed by atoms with Gasteiger partial charge in [0.2, 0.25) is 5.91 Å². The molecule has 100 valence electrons. The predicted octanol–water partition coefficient (Wildman–Crippen LogP) is 2.58. The van der Waals surface area contributed by atoms with Gasteiger partial charge in [-0.25, -0.2) is 0 Å². The van der Waals surface area contributed by atoms with Gasteiger partial charge in [-0.2, -0.15) is 11.8 Å². The van der Waals surface area contributed by atoms with Crippen LogP contribution < -0.4 is 5.32 Å². The van der Waals surface area contributed by atoms with Crippen LogP contribution in [0.1, 0.15) is 12.0 Å². The second-order valence-corrected chi connectivity index (χ2v) is 6.11. The summed E-state index contributed by atoms with van der Waals surface area (Å²) < 4.78 is 0. The number of carbonyl (C=O) groups is 1. The van der Waals surface area contributed by atoms with E-state index in [0.717, 1.165) is 36.4 Å². The first-order chi connectivity index (χ1) is 9.34. The molecule has 1 atom stereocenters. The third-order valence-corrected chi connectivity index (χ3v) is 4.83. The summed E-state index contributed by atoms with van der Waals surface area (Å²) in [6.45, 7) is 0.724. The summed E-state index contributed by atoms with van der Waals surface area (Å²) in [5.41, 5.74) is 2.44. The summed E-state index contributed by atoms with van der Waals surface area (Å²) in [6.07, 6.45) is 3.96. The van der Waals surface area contributed by atoms with Crippen LogP contribution >= 0.6 is 11.8 Å². The molecule has 0 saturated carbocycles. The van der Waals surface area contributed by atoms with E-state index in [2.05, 4.69) is 22.4 Å². The van der Waals surface area contributed by atoms with Gasteiger partial charge in [0.15, 0.2) is 0 Å². The first kappa shape index (κ1) is 12.6. The van der Waals surface area contributed by atoms with E-state index in [1.54, 1.807) is 0 Å². The Hall–Kier alpha value is -1.42. The number of carbonyl (C=O) groups excluding carboxylic acids is 1. The number of rotatable bonds is 4. The zero-order chi connectivity index (χ0) is 13.1. The standard InChI is InChI=1S/C15H18N2OS/c18-15(12-6-8-19-10-12)16-7-5-11-9-17-14-4-2-1-3-13(11)14/h1-4,9,12,17H,5-8,10H2,(H,16,18). The zero-order valence-corrected chi connectivity index (χ0v) is 11.6. The average Bonchev–Trinajstić information content (AvgIpc) is 3.08. The van der Waals surface area contributed by atoms with Gasteiger partial charge in [0.25, 0.3) is 0 Å². The van der Waals surface area contributed by atoms with Crippen molar-refractivity contribution in [3.05, 3.63) is 36.0 Å². The fraction of sp³-hybridized carbons (Fsp3) is 0.400. The number of aromatic amines is 1. The van der Waals surface area contributed by atoms with Crippen LogP contribution in [0.4, 0.5) is 0 Å². The summed E-state index contributed by atoms with van der Waals surface area (Å²) in [5, 5.41) is 4.32. The Morgan fingerprint density at radius 2 is 2.32 bits per heavy atom. The van der Waals surface area contributed by atoms with Crippen LogP contribution in [0.25, 0.3) is 10.9 Å². The molecule has 1 fully saturated rings. The van der Waals surface area contributed by atoms with Crippen LogP contribution in [0.5, 0.6) is 0 Å². The van der Waals surface area contributed by atoms with E-state index >= 15 is 0 Å². The van der Waals surface area contributed by atoms with Gasteiger partial charge in [0.1, 0.15) is 0 Å². The van der Waals surface area contributed by atoms with Crippen LogP contribution in [-0.2, 0) is 11.2 Å². The fourth-order valence-electron chi connectivity index (χ4n) is 2.54. The van der Waals surface area contributed by atoms with Crippen molar-refractivity contribution < 1.29 is 4.79 Å². The van der Waals surface area contributed by atoms with E-state index < -0.39 is 0 Å². The molecule has 0 spiro atoms. The lowest BCUT2D eigenvalue weighted by Crippen LogP contribution is -2.32. The second-order valence-electron chi connectivity index (χ2n) is 4.96. The van der Waals surface area contributed by atoms with Gasteiger partial charge < -0.3 is 10.3 Å². The van der Waals surface area contributed by atoms with Gasteiger partial charge in [0, 0.05) is 35.3 Å². The van der Waals surface area contributed by atoms with Crippen molar-refractivity contribution in [2.24, 2.45) is 5.92 Å². The van der Waals surface area contributed by atoms with E-state index in [1.807, 2.05) is 30.1 Å². The molecule has 1 aliphatic heterocycles. The first-order valence-corrected chi connectivity index (χ1v) is 7.90. The molecular formula is C15H18N2OS. The number of para-hydroxylation sites is 1. The SMILES string of the molecule is O=C(NCCc1c[nH]c2ccccc12)C1CCSC1. The Bertz CT molecular complexity index is 572. The molecule has 0 aliphatic carbocycles. The summed E-state index contributed by atoms with van der Waals surface area (Å²) in [5.74, 6) is 2.57. The van der Waals surface area contributed by atoms with Crippen molar-refractivity contribution in [1.29, 1.82) is 0 Å². The molecule has 2 aromatic rings. The zero-order valence-electron chi connectivity index (χ0n) is 10.8. The topological polar surface area (TPSA) is 44.9 Å². The number of hydrogen-bond donors (Lipinski definition) is 2. The molecule has 2 heterocycles. The highest BCUT2D eigenvalue weighted by molar-refractivity contribution is 7.99. The highest BCUT2D eigenvalue weighted by Gasteiger charge is 2.22. The molecule has 19 heavy (non-hydrogen) atoms. The van der Waals surface area contributed by atoms with Crippen molar-refractivity contribution >= 4 is 28.6 Å². The van der Waals surface area contributed by atoms with Crippen LogP contribution in [-0.4, -0.2) is 28.9 Å². The van der Waals surface area contributed by atoms with Gasteiger partial charge in [0.05, 0.1) is 0 Å². The molecule has 1 unspecified atom stereocenters. The maximum absolute atomic E-state index is 11.9. The molecule has 3 rings (SSSR count). The lowest BCUT2D eigenvalue weighted by Gasteiger charge is -2.09. The summed E-state index contributed by atoms with van der Waals surface area (Å²) in [6, 6.07) is 8.28. The van der Waals surface area contributed by atoms with E-state index in [-0.39, 0.29) is 11.8 Å². The van der Waals surface area contributed by atoms with E-state index in [0.29, 0.717) is 0 Å². The predicted molar refractivity (Wildman–Crippen MR) is 80.4 cm³/mol. The molecule has 1 saturated heterocycles. The van der Waals surface area contributed by atoms with Gasteiger partial charge in [-0.3, -0.25) is 4.79 Å². The third kappa shape index (κ3) is 2.78. The number of amides is 1. The number of nitrogens with one attached hydrogen (secondary N) is 2. The minimum atomic E-state index is 0.227. The molecule has 1 aliphatic rings. The van der Waals surface area contributed by atoms with E-state index in [1.165, 1.54) is 10.9 Å². The number of fused-ring (bicyclic) bond motifs is 1. The maximum Gasteiger partial charge on any atom is 0.223 e. The molecular weight excluding hydrogens is 256 g/mol. The Labute approximate surface area is 117 Å². The molecule has 3 nitrogen and oxygen atoms in total. The van der Waals surface area contributed by atoms with Crippen molar-refractivity contribution in [1.82, 2.24) is 10.3 Å². The van der Waals surface area contributed by atoms with Gasteiger partial charge in [-0.1, -0.05) is 18.2 Å². The smallest absolute Gasteiger partial charge is 0.223 e. The minimum Gasteiger partial charge on any atom is -0.361 e. The molecule has 1 aromatic carbocycles. The van der Waals surface area contributed by atoms with Crippen molar-refractivity contribution in [3.8, 4) is 0 Å². The van der Waals surface area contributed by atoms with E-state index in [4.69, 9.17) is 0 Å². The molecule has 1 aromatic heterocycles. The van der Waals surface area contributed by atoms with Crippen molar-refractivity contribution in [2.75, 3.05) is 18.1 Å². The van der Waals surface area contributed by atoms with Crippen LogP contribution in [0.2, 0.25) is 0 Å².